The van der Waals surface area contributed by atoms with Gasteiger partial charge in [0.05, 0.1) is 0 Å². The highest BCUT2D eigenvalue weighted by atomic mass is 32.1. The van der Waals surface area contributed by atoms with Gasteiger partial charge < -0.3 is 10.6 Å². The molecule has 2 aliphatic rings. The van der Waals surface area contributed by atoms with Gasteiger partial charge in [0.2, 0.25) is 0 Å². The van der Waals surface area contributed by atoms with Crippen molar-refractivity contribution in [1.29, 1.82) is 0 Å². The van der Waals surface area contributed by atoms with Gasteiger partial charge in [0.1, 0.15) is 0 Å². The second-order valence-corrected chi connectivity index (χ2v) is 8.50. The molecule has 1 saturated heterocycles. The lowest BCUT2D eigenvalue weighted by Gasteiger charge is -2.31. The second-order valence-electron chi connectivity index (χ2n) is 7.72. The summed E-state index contributed by atoms with van der Waals surface area (Å²) >= 11 is 1.74. The third kappa shape index (κ3) is 6.09. The zero-order chi connectivity index (χ0) is 18.2. The normalized spacial score (nSPS) is 20.5. The predicted molar refractivity (Wildman–Crippen MR) is 105 cm³/mol. The summed E-state index contributed by atoms with van der Waals surface area (Å²) in [6.07, 6.45) is 8.94. The molecule has 1 aliphatic heterocycles. The summed E-state index contributed by atoms with van der Waals surface area (Å²) in [5.41, 5.74) is 1.39. The Balaban J connectivity index is 1.32. The summed E-state index contributed by atoms with van der Waals surface area (Å²) in [6, 6.07) is 2.36. The van der Waals surface area contributed by atoms with Gasteiger partial charge >= 0.3 is 11.8 Å². The second kappa shape index (κ2) is 10.1. The third-order valence-electron chi connectivity index (χ3n) is 5.64. The molecule has 1 aromatic heterocycles. The summed E-state index contributed by atoms with van der Waals surface area (Å²) in [6.45, 7) is 3.75. The first-order valence-electron chi connectivity index (χ1n) is 10.0. The number of hydrogen-bond acceptors (Lipinski definition) is 4. The van der Waals surface area contributed by atoms with Crippen molar-refractivity contribution in [3.05, 3.63) is 22.4 Å². The first-order chi connectivity index (χ1) is 12.7. The van der Waals surface area contributed by atoms with E-state index >= 15 is 0 Å². The number of amides is 2. The van der Waals surface area contributed by atoms with E-state index in [1.165, 1.54) is 18.4 Å². The topological polar surface area (TPSA) is 61.4 Å². The number of hydrogen-bond donors (Lipinski definition) is 2. The molecule has 6 heteroatoms. The summed E-state index contributed by atoms with van der Waals surface area (Å²) in [4.78, 5) is 26.7. The van der Waals surface area contributed by atoms with Crippen molar-refractivity contribution in [2.24, 2.45) is 5.92 Å². The average molecular weight is 378 g/mol. The number of likely N-dealkylation sites (tertiary alicyclic amines) is 1. The van der Waals surface area contributed by atoms with Crippen molar-refractivity contribution in [3.63, 3.8) is 0 Å². The van der Waals surface area contributed by atoms with Gasteiger partial charge in [0, 0.05) is 19.1 Å². The SMILES string of the molecule is O=C(NCC1CCN(Cc2ccsc2)CC1)C(=O)NC1CCCCCC1. The molecule has 0 unspecified atom stereocenters. The lowest BCUT2D eigenvalue weighted by Crippen LogP contribution is -2.46. The van der Waals surface area contributed by atoms with Gasteiger partial charge in [-0.05, 0) is 67.1 Å². The van der Waals surface area contributed by atoms with Crippen molar-refractivity contribution >= 4 is 23.2 Å². The van der Waals surface area contributed by atoms with Crippen LogP contribution in [0.2, 0.25) is 0 Å². The molecule has 26 heavy (non-hydrogen) atoms. The molecule has 5 nitrogen and oxygen atoms in total. The van der Waals surface area contributed by atoms with Crippen molar-refractivity contribution in [3.8, 4) is 0 Å². The molecule has 0 aromatic carbocycles. The molecule has 2 fully saturated rings. The smallest absolute Gasteiger partial charge is 0.309 e. The first-order valence-corrected chi connectivity index (χ1v) is 11.0. The number of carbonyl (C=O) groups excluding carboxylic acids is 2. The maximum Gasteiger partial charge on any atom is 0.309 e. The van der Waals surface area contributed by atoms with E-state index in [0.717, 1.165) is 58.2 Å². The van der Waals surface area contributed by atoms with Crippen molar-refractivity contribution in [1.82, 2.24) is 15.5 Å². The van der Waals surface area contributed by atoms with Crippen LogP contribution in [0.25, 0.3) is 0 Å². The molecule has 3 rings (SSSR count). The lowest BCUT2D eigenvalue weighted by atomic mass is 9.96. The quantitative estimate of drug-likeness (QED) is 0.613. The van der Waals surface area contributed by atoms with Crippen LogP contribution in [0.4, 0.5) is 0 Å². The maximum atomic E-state index is 12.1. The van der Waals surface area contributed by atoms with Crippen molar-refractivity contribution in [2.75, 3.05) is 19.6 Å². The lowest BCUT2D eigenvalue weighted by molar-refractivity contribution is -0.139. The minimum Gasteiger partial charge on any atom is -0.348 e. The van der Waals surface area contributed by atoms with E-state index in [9.17, 15) is 9.59 Å². The van der Waals surface area contributed by atoms with E-state index in [4.69, 9.17) is 0 Å². The van der Waals surface area contributed by atoms with Crippen LogP contribution < -0.4 is 10.6 Å². The Labute approximate surface area is 160 Å². The van der Waals surface area contributed by atoms with Gasteiger partial charge in [0.15, 0.2) is 0 Å². The number of rotatable bonds is 5. The number of piperidine rings is 1. The Morgan fingerprint density at radius 2 is 1.77 bits per heavy atom. The van der Waals surface area contributed by atoms with Crippen LogP contribution in [0, 0.1) is 5.92 Å². The number of nitrogens with zero attached hydrogens (tertiary/aromatic N) is 1. The summed E-state index contributed by atoms with van der Waals surface area (Å²) < 4.78 is 0. The molecule has 0 spiro atoms. The number of thiophene rings is 1. The molecule has 1 saturated carbocycles. The fourth-order valence-electron chi connectivity index (χ4n) is 3.98. The average Bonchev–Trinajstić information content (AvgIpc) is 3.03. The highest BCUT2D eigenvalue weighted by Crippen LogP contribution is 2.19. The van der Waals surface area contributed by atoms with Gasteiger partial charge in [-0.1, -0.05) is 25.7 Å². The van der Waals surface area contributed by atoms with E-state index in [-0.39, 0.29) is 6.04 Å². The molecule has 1 aliphatic carbocycles. The minimum absolute atomic E-state index is 0.177. The van der Waals surface area contributed by atoms with E-state index in [2.05, 4.69) is 32.4 Å². The van der Waals surface area contributed by atoms with Crippen LogP contribution in [0.1, 0.15) is 56.9 Å². The highest BCUT2D eigenvalue weighted by molar-refractivity contribution is 7.07. The van der Waals surface area contributed by atoms with Crippen LogP contribution in [0.5, 0.6) is 0 Å². The molecule has 1 aromatic rings. The zero-order valence-electron chi connectivity index (χ0n) is 15.5. The Kier molecular flexibility index (Phi) is 7.50. The summed E-state index contributed by atoms with van der Waals surface area (Å²) in [5, 5.41) is 10.1. The molecule has 0 atom stereocenters. The van der Waals surface area contributed by atoms with Gasteiger partial charge in [-0.15, -0.1) is 0 Å². The zero-order valence-corrected chi connectivity index (χ0v) is 16.4. The molecule has 2 heterocycles. The van der Waals surface area contributed by atoms with Gasteiger partial charge in [-0.2, -0.15) is 11.3 Å². The monoisotopic (exact) mass is 377 g/mol. The largest absolute Gasteiger partial charge is 0.348 e. The van der Waals surface area contributed by atoms with Crippen LogP contribution in [-0.2, 0) is 16.1 Å². The molecule has 0 radical (unpaired) electrons. The standard InChI is InChI=1S/C20H31N3O2S/c24-19(20(25)22-18-5-3-1-2-4-6-18)21-13-16-7-10-23(11-8-16)14-17-9-12-26-15-17/h9,12,15-16,18H,1-8,10-11,13-14H2,(H,21,24)(H,22,25). The molecule has 2 N–H and O–H groups in total. The van der Waals surface area contributed by atoms with Crippen molar-refractivity contribution in [2.45, 2.75) is 64.0 Å². The Morgan fingerprint density at radius 3 is 2.42 bits per heavy atom. The summed E-state index contributed by atoms with van der Waals surface area (Å²) in [5.74, 6) is -0.440. The van der Waals surface area contributed by atoms with E-state index in [1.807, 2.05) is 0 Å². The first kappa shape index (κ1) is 19.4. The number of carbonyl (C=O) groups is 2. The summed E-state index contributed by atoms with van der Waals surface area (Å²) in [7, 11) is 0. The van der Waals surface area contributed by atoms with Gasteiger partial charge in [-0.3, -0.25) is 14.5 Å². The van der Waals surface area contributed by atoms with Gasteiger partial charge in [-0.25, -0.2) is 0 Å². The molecule has 144 valence electrons. The Bertz CT molecular complexity index is 560. The van der Waals surface area contributed by atoms with E-state index < -0.39 is 11.8 Å². The fraction of sp³-hybridized carbons (Fsp3) is 0.700. The molecular weight excluding hydrogens is 346 g/mol. The predicted octanol–water partition coefficient (Wildman–Crippen LogP) is 2.92. The van der Waals surface area contributed by atoms with Crippen LogP contribution in [0.3, 0.4) is 0 Å². The van der Waals surface area contributed by atoms with Crippen LogP contribution in [-0.4, -0.2) is 42.4 Å². The Morgan fingerprint density at radius 1 is 1.04 bits per heavy atom. The Hall–Kier alpha value is -1.40. The molecular formula is C20H31N3O2S. The van der Waals surface area contributed by atoms with Crippen LogP contribution >= 0.6 is 11.3 Å². The van der Waals surface area contributed by atoms with E-state index in [1.54, 1.807) is 11.3 Å². The van der Waals surface area contributed by atoms with E-state index in [0.29, 0.717) is 12.5 Å². The van der Waals surface area contributed by atoms with Gasteiger partial charge in [0.25, 0.3) is 0 Å². The van der Waals surface area contributed by atoms with Crippen molar-refractivity contribution < 1.29 is 9.59 Å². The fourth-order valence-corrected chi connectivity index (χ4v) is 4.64. The minimum atomic E-state index is -0.463. The molecule has 0 bridgehead atoms. The van der Waals surface area contributed by atoms with Crippen LogP contribution in [0.15, 0.2) is 16.8 Å². The maximum absolute atomic E-state index is 12.1. The third-order valence-corrected chi connectivity index (χ3v) is 6.37. The molecule has 2 amide bonds. The number of nitrogens with one attached hydrogen (secondary N) is 2. The highest BCUT2D eigenvalue weighted by Gasteiger charge is 2.23.